The highest BCUT2D eigenvalue weighted by Gasteiger charge is 2.15. The third-order valence-electron chi connectivity index (χ3n) is 1.76. The Balaban J connectivity index is 2.75. The van der Waals surface area contributed by atoms with Gasteiger partial charge in [-0.3, -0.25) is 9.48 Å². The first kappa shape index (κ1) is 9.73. The van der Waals surface area contributed by atoms with Crippen LogP contribution in [0.4, 0.5) is 0 Å². The number of aliphatic hydroxyl groups excluding tert-OH is 1. The van der Waals surface area contributed by atoms with Crippen LogP contribution in [0.15, 0.2) is 12.3 Å². The summed E-state index contributed by atoms with van der Waals surface area (Å²) < 4.78 is 1.58. The summed E-state index contributed by atoms with van der Waals surface area (Å²) in [7, 11) is 0. The number of carboxylic acid groups (broad SMARTS) is 1. The number of aliphatic hydroxyl groups is 1. The van der Waals surface area contributed by atoms with Crippen molar-refractivity contribution in [3.05, 3.63) is 18.0 Å². The number of hydrogen-bond acceptors (Lipinski definition) is 3. The molecule has 0 aromatic carbocycles. The van der Waals surface area contributed by atoms with E-state index in [0.717, 1.165) is 0 Å². The molecule has 0 spiro atoms. The number of rotatable bonds is 4. The Morgan fingerprint density at radius 2 is 2.46 bits per heavy atom. The Hall–Kier alpha value is -1.36. The number of aromatic nitrogens is 2. The molecule has 2 N–H and O–H groups in total. The molecule has 0 radical (unpaired) electrons. The average molecular weight is 184 g/mol. The molecule has 1 heterocycles. The molecular weight excluding hydrogens is 172 g/mol. The van der Waals surface area contributed by atoms with Crippen LogP contribution in [-0.2, 0) is 11.3 Å². The summed E-state index contributed by atoms with van der Waals surface area (Å²) in [6, 6.07) is 1.62. The summed E-state index contributed by atoms with van der Waals surface area (Å²) in [5, 5.41) is 21.8. The maximum Gasteiger partial charge on any atom is 0.306 e. The van der Waals surface area contributed by atoms with Gasteiger partial charge in [0, 0.05) is 12.7 Å². The van der Waals surface area contributed by atoms with Crippen LogP contribution in [0.3, 0.4) is 0 Å². The first-order valence-electron chi connectivity index (χ1n) is 4.06. The van der Waals surface area contributed by atoms with Gasteiger partial charge >= 0.3 is 5.97 Å². The predicted molar refractivity (Wildman–Crippen MR) is 45.1 cm³/mol. The van der Waals surface area contributed by atoms with E-state index >= 15 is 0 Å². The zero-order valence-electron chi connectivity index (χ0n) is 7.34. The van der Waals surface area contributed by atoms with E-state index in [-0.39, 0.29) is 6.42 Å². The normalized spacial score (nSPS) is 12.8. The van der Waals surface area contributed by atoms with E-state index in [1.807, 2.05) is 6.92 Å². The first-order valence-corrected chi connectivity index (χ1v) is 4.06. The van der Waals surface area contributed by atoms with E-state index in [4.69, 9.17) is 5.11 Å². The summed E-state index contributed by atoms with van der Waals surface area (Å²) in [5.74, 6) is -1.02. The van der Waals surface area contributed by atoms with Crippen LogP contribution < -0.4 is 0 Å². The van der Waals surface area contributed by atoms with Crippen molar-refractivity contribution in [1.82, 2.24) is 9.78 Å². The van der Waals surface area contributed by atoms with E-state index in [0.29, 0.717) is 12.2 Å². The van der Waals surface area contributed by atoms with Crippen molar-refractivity contribution in [3.8, 4) is 0 Å². The number of hydrogen-bond donors (Lipinski definition) is 2. The SMILES string of the molecule is CCn1nccc1[C@@H](O)CC(=O)O. The van der Waals surface area contributed by atoms with E-state index in [2.05, 4.69) is 5.10 Å². The molecule has 0 unspecified atom stereocenters. The molecule has 5 nitrogen and oxygen atoms in total. The van der Waals surface area contributed by atoms with Crippen LogP contribution in [0.25, 0.3) is 0 Å². The second kappa shape index (κ2) is 4.04. The minimum Gasteiger partial charge on any atom is -0.481 e. The fraction of sp³-hybridized carbons (Fsp3) is 0.500. The van der Waals surface area contributed by atoms with Gasteiger partial charge in [-0.05, 0) is 13.0 Å². The van der Waals surface area contributed by atoms with E-state index in [9.17, 15) is 9.90 Å². The quantitative estimate of drug-likeness (QED) is 0.710. The molecule has 0 aliphatic carbocycles. The van der Waals surface area contributed by atoms with Crippen LogP contribution in [0, 0.1) is 0 Å². The molecule has 72 valence electrons. The van der Waals surface area contributed by atoms with Gasteiger partial charge in [-0.1, -0.05) is 0 Å². The smallest absolute Gasteiger partial charge is 0.306 e. The number of carboxylic acids is 1. The Morgan fingerprint density at radius 1 is 1.77 bits per heavy atom. The molecule has 5 heteroatoms. The lowest BCUT2D eigenvalue weighted by Crippen LogP contribution is -2.11. The lowest BCUT2D eigenvalue weighted by molar-refractivity contribution is -0.139. The molecule has 0 aliphatic rings. The average Bonchev–Trinajstić information content (AvgIpc) is 2.49. The van der Waals surface area contributed by atoms with Crippen molar-refractivity contribution in [2.75, 3.05) is 0 Å². The van der Waals surface area contributed by atoms with Crippen LogP contribution in [-0.4, -0.2) is 26.0 Å². The highest BCUT2D eigenvalue weighted by atomic mass is 16.4. The maximum absolute atomic E-state index is 10.3. The minimum absolute atomic E-state index is 0.286. The lowest BCUT2D eigenvalue weighted by atomic mass is 10.2. The third kappa shape index (κ3) is 2.29. The molecule has 13 heavy (non-hydrogen) atoms. The number of aliphatic carboxylic acids is 1. The van der Waals surface area contributed by atoms with Crippen molar-refractivity contribution in [1.29, 1.82) is 0 Å². The van der Waals surface area contributed by atoms with Gasteiger partial charge in [0.05, 0.1) is 12.1 Å². The fourth-order valence-corrected chi connectivity index (χ4v) is 1.16. The summed E-state index contributed by atoms with van der Waals surface area (Å²) in [5.41, 5.74) is 0.546. The van der Waals surface area contributed by atoms with E-state index < -0.39 is 12.1 Å². The van der Waals surface area contributed by atoms with Gasteiger partial charge in [-0.2, -0.15) is 5.10 Å². The van der Waals surface area contributed by atoms with Crippen LogP contribution in [0.2, 0.25) is 0 Å². The number of carbonyl (C=O) groups is 1. The topological polar surface area (TPSA) is 75.3 Å². The Bertz CT molecular complexity index is 295. The van der Waals surface area contributed by atoms with Crippen LogP contribution >= 0.6 is 0 Å². The molecular formula is C8H12N2O3. The molecule has 1 aromatic rings. The molecule has 0 aliphatic heterocycles. The van der Waals surface area contributed by atoms with Gasteiger partial charge in [-0.15, -0.1) is 0 Å². The van der Waals surface area contributed by atoms with Crippen molar-refractivity contribution < 1.29 is 15.0 Å². The van der Waals surface area contributed by atoms with E-state index in [1.54, 1.807) is 16.9 Å². The van der Waals surface area contributed by atoms with Crippen molar-refractivity contribution in [3.63, 3.8) is 0 Å². The monoisotopic (exact) mass is 184 g/mol. The molecule has 0 amide bonds. The van der Waals surface area contributed by atoms with E-state index in [1.165, 1.54) is 0 Å². The zero-order chi connectivity index (χ0) is 9.84. The fourth-order valence-electron chi connectivity index (χ4n) is 1.16. The molecule has 0 saturated carbocycles. The molecule has 0 bridgehead atoms. The Morgan fingerprint density at radius 3 is 3.00 bits per heavy atom. The number of aryl methyl sites for hydroxylation is 1. The summed E-state index contributed by atoms with van der Waals surface area (Å²) >= 11 is 0. The molecule has 0 saturated heterocycles. The van der Waals surface area contributed by atoms with Crippen LogP contribution in [0.5, 0.6) is 0 Å². The lowest BCUT2D eigenvalue weighted by Gasteiger charge is -2.09. The molecule has 1 aromatic heterocycles. The third-order valence-corrected chi connectivity index (χ3v) is 1.76. The van der Waals surface area contributed by atoms with Crippen LogP contribution in [0.1, 0.15) is 25.1 Å². The van der Waals surface area contributed by atoms with Crippen molar-refractivity contribution in [2.45, 2.75) is 26.0 Å². The zero-order valence-corrected chi connectivity index (χ0v) is 7.34. The molecule has 1 atom stereocenters. The highest BCUT2D eigenvalue weighted by Crippen LogP contribution is 2.15. The number of nitrogens with zero attached hydrogens (tertiary/aromatic N) is 2. The largest absolute Gasteiger partial charge is 0.481 e. The van der Waals surface area contributed by atoms with Gasteiger partial charge in [0.1, 0.15) is 6.10 Å². The van der Waals surface area contributed by atoms with Crippen molar-refractivity contribution in [2.24, 2.45) is 0 Å². The van der Waals surface area contributed by atoms with Gasteiger partial charge in [0.15, 0.2) is 0 Å². The first-order chi connectivity index (χ1) is 6.15. The van der Waals surface area contributed by atoms with Gasteiger partial charge in [0.2, 0.25) is 0 Å². The minimum atomic E-state index is -1.02. The van der Waals surface area contributed by atoms with Gasteiger partial charge in [0.25, 0.3) is 0 Å². The summed E-state index contributed by atoms with van der Waals surface area (Å²) in [4.78, 5) is 10.3. The second-order valence-corrected chi connectivity index (χ2v) is 2.69. The van der Waals surface area contributed by atoms with Gasteiger partial charge in [-0.25, -0.2) is 0 Å². The predicted octanol–water partition coefficient (Wildman–Crippen LogP) is 0.411. The second-order valence-electron chi connectivity index (χ2n) is 2.69. The highest BCUT2D eigenvalue weighted by molar-refractivity contribution is 5.67. The van der Waals surface area contributed by atoms with Gasteiger partial charge < -0.3 is 10.2 Å². The summed E-state index contributed by atoms with van der Waals surface area (Å²) in [6.07, 6.45) is 0.287. The Kier molecular flexibility index (Phi) is 3.02. The van der Waals surface area contributed by atoms with Crippen molar-refractivity contribution >= 4 is 5.97 Å². The standard InChI is InChI=1S/C8H12N2O3/c1-2-10-6(3-4-9-10)7(11)5-8(12)13/h3-4,7,11H,2,5H2,1H3,(H,12,13)/t7-/m0/s1. The molecule has 0 fully saturated rings. The summed E-state index contributed by atoms with van der Waals surface area (Å²) in [6.45, 7) is 2.50. The molecule has 1 rings (SSSR count). The Labute approximate surface area is 75.6 Å². The maximum atomic E-state index is 10.3.